The maximum atomic E-state index is 9.02. The molecule has 0 saturated heterocycles. The van der Waals surface area contributed by atoms with E-state index in [2.05, 4.69) is 21.0 Å². The Bertz CT molecular complexity index is 527. The summed E-state index contributed by atoms with van der Waals surface area (Å²) in [6.45, 7) is 0.466. The van der Waals surface area contributed by atoms with Gasteiger partial charge < -0.3 is 5.11 Å². The molecule has 0 radical (unpaired) electrons. The van der Waals surface area contributed by atoms with Crippen molar-refractivity contribution in [2.24, 2.45) is 0 Å². The third-order valence-electron chi connectivity index (χ3n) is 2.28. The van der Waals surface area contributed by atoms with Crippen molar-refractivity contribution in [1.29, 1.82) is 0 Å². The number of hydrogen-bond acceptors (Lipinski definition) is 4. The quantitative estimate of drug-likeness (QED) is 0.774. The van der Waals surface area contributed by atoms with Crippen molar-refractivity contribution in [2.45, 2.75) is 13.0 Å². The van der Waals surface area contributed by atoms with Crippen LogP contribution in [0.15, 0.2) is 24.8 Å². The normalized spacial score (nSPS) is 10.1. The average molecular weight is 228 g/mol. The topological polar surface area (TPSA) is 63.8 Å². The Morgan fingerprint density at radius 3 is 2.94 bits per heavy atom. The van der Waals surface area contributed by atoms with Gasteiger partial charge in [-0.15, -0.1) is 6.42 Å². The molecule has 2 heterocycles. The smallest absolute Gasteiger partial charge is 0.116 e. The summed E-state index contributed by atoms with van der Waals surface area (Å²) in [5, 5.41) is 13.4. The SMILES string of the molecule is C#CCn1cc(CCO)c(-c2cnccn2)n1. The third kappa shape index (κ3) is 2.49. The molecule has 17 heavy (non-hydrogen) atoms. The van der Waals surface area contributed by atoms with Gasteiger partial charge in [0.2, 0.25) is 0 Å². The van der Waals surface area contributed by atoms with Crippen LogP contribution >= 0.6 is 0 Å². The molecule has 0 atom stereocenters. The van der Waals surface area contributed by atoms with Gasteiger partial charge in [0.05, 0.1) is 6.20 Å². The molecule has 0 fully saturated rings. The first kappa shape index (κ1) is 11.3. The molecule has 0 bridgehead atoms. The Morgan fingerprint density at radius 1 is 1.41 bits per heavy atom. The van der Waals surface area contributed by atoms with Gasteiger partial charge in [0, 0.05) is 30.8 Å². The number of nitrogens with zero attached hydrogens (tertiary/aromatic N) is 4. The molecule has 2 aromatic rings. The second-order valence-electron chi connectivity index (χ2n) is 3.47. The van der Waals surface area contributed by atoms with Crippen LogP contribution in [0.4, 0.5) is 0 Å². The molecule has 2 rings (SSSR count). The Kier molecular flexibility index (Phi) is 3.48. The van der Waals surface area contributed by atoms with Gasteiger partial charge in [-0.05, 0) is 6.42 Å². The Morgan fingerprint density at radius 2 is 2.29 bits per heavy atom. The first-order valence-electron chi connectivity index (χ1n) is 5.22. The number of terminal acetylenes is 1. The highest BCUT2D eigenvalue weighted by Gasteiger charge is 2.11. The van der Waals surface area contributed by atoms with Crippen LogP contribution in [-0.2, 0) is 13.0 Å². The molecule has 0 unspecified atom stereocenters. The van der Waals surface area contributed by atoms with Crippen molar-refractivity contribution in [3.63, 3.8) is 0 Å². The number of rotatable bonds is 4. The Labute approximate surface area is 99.2 Å². The van der Waals surface area contributed by atoms with E-state index in [1.54, 1.807) is 23.3 Å². The monoisotopic (exact) mass is 228 g/mol. The minimum Gasteiger partial charge on any atom is -0.396 e. The lowest BCUT2D eigenvalue weighted by Crippen LogP contribution is -1.96. The zero-order chi connectivity index (χ0) is 12.1. The van der Waals surface area contributed by atoms with Gasteiger partial charge in [0.15, 0.2) is 0 Å². The highest BCUT2D eigenvalue weighted by atomic mass is 16.2. The summed E-state index contributed by atoms with van der Waals surface area (Å²) in [5.41, 5.74) is 2.33. The molecular weight excluding hydrogens is 216 g/mol. The number of aliphatic hydroxyl groups excluding tert-OH is 1. The minimum absolute atomic E-state index is 0.0645. The first-order chi connectivity index (χ1) is 8.35. The van der Waals surface area contributed by atoms with Crippen LogP contribution < -0.4 is 0 Å². The van der Waals surface area contributed by atoms with Gasteiger partial charge in [0.1, 0.15) is 17.9 Å². The van der Waals surface area contributed by atoms with E-state index in [1.165, 1.54) is 0 Å². The molecule has 1 N–H and O–H groups in total. The lowest BCUT2D eigenvalue weighted by Gasteiger charge is -1.98. The van der Waals surface area contributed by atoms with Crippen LogP contribution in [0.5, 0.6) is 0 Å². The van der Waals surface area contributed by atoms with E-state index >= 15 is 0 Å². The van der Waals surface area contributed by atoms with Crippen molar-refractivity contribution in [2.75, 3.05) is 6.61 Å². The predicted molar refractivity (Wildman–Crippen MR) is 62.9 cm³/mol. The summed E-state index contributed by atoms with van der Waals surface area (Å²) in [6, 6.07) is 0. The standard InChI is InChI=1S/C12H12N4O/c1-2-6-16-9-10(3-7-17)12(15-16)11-8-13-4-5-14-11/h1,4-5,8-9,17H,3,6-7H2. The molecule has 0 aliphatic carbocycles. The zero-order valence-corrected chi connectivity index (χ0v) is 9.24. The summed E-state index contributed by atoms with van der Waals surface area (Å²) < 4.78 is 1.66. The van der Waals surface area contributed by atoms with Gasteiger partial charge in [-0.3, -0.25) is 14.6 Å². The molecule has 0 spiro atoms. The third-order valence-corrected chi connectivity index (χ3v) is 2.28. The number of aromatic nitrogens is 4. The van der Waals surface area contributed by atoms with Gasteiger partial charge in [-0.1, -0.05) is 5.92 Å². The summed E-state index contributed by atoms with van der Waals surface area (Å²) in [5.74, 6) is 2.52. The van der Waals surface area contributed by atoms with E-state index in [4.69, 9.17) is 11.5 Å². The maximum absolute atomic E-state index is 9.02. The second kappa shape index (κ2) is 5.23. The lowest BCUT2D eigenvalue weighted by atomic mass is 10.1. The summed E-state index contributed by atoms with van der Waals surface area (Å²) >= 11 is 0. The van der Waals surface area contributed by atoms with Crippen molar-refractivity contribution in [3.8, 4) is 23.7 Å². The largest absolute Gasteiger partial charge is 0.396 e. The van der Waals surface area contributed by atoms with Crippen LogP contribution in [0.3, 0.4) is 0 Å². The summed E-state index contributed by atoms with van der Waals surface area (Å²) in [7, 11) is 0. The van der Waals surface area contributed by atoms with Gasteiger partial charge in [-0.25, -0.2) is 0 Å². The van der Waals surface area contributed by atoms with Crippen LogP contribution in [0.2, 0.25) is 0 Å². The lowest BCUT2D eigenvalue weighted by molar-refractivity contribution is 0.299. The summed E-state index contributed by atoms with van der Waals surface area (Å²) in [6.07, 6.45) is 12.5. The maximum Gasteiger partial charge on any atom is 0.116 e. The molecule has 0 aromatic carbocycles. The Hall–Kier alpha value is -2.19. The van der Waals surface area contributed by atoms with Gasteiger partial charge >= 0.3 is 0 Å². The van der Waals surface area contributed by atoms with E-state index in [1.807, 2.05) is 6.20 Å². The van der Waals surface area contributed by atoms with Crippen LogP contribution in [0.25, 0.3) is 11.4 Å². The van der Waals surface area contributed by atoms with Crippen molar-refractivity contribution in [3.05, 3.63) is 30.4 Å². The molecule has 0 saturated carbocycles. The van der Waals surface area contributed by atoms with Crippen LogP contribution in [0, 0.1) is 12.3 Å². The average Bonchev–Trinajstić information content (AvgIpc) is 2.74. The zero-order valence-electron chi connectivity index (χ0n) is 9.24. The molecule has 0 amide bonds. The molecule has 0 aliphatic heterocycles. The fourth-order valence-corrected chi connectivity index (χ4v) is 1.58. The fourth-order valence-electron chi connectivity index (χ4n) is 1.58. The van der Waals surface area contributed by atoms with Crippen LogP contribution in [0.1, 0.15) is 5.56 Å². The number of hydrogen-bond donors (Lipinski definition) is 1. The van der Waals surface area contributed by atoms with E-state index in [0.29, 0.717) is 18.7 Å². The van der Waals surface area contributed by atoms with Crippen LogP contribution in [-0.4, -0.2) is 31.5 Å². The highest BCUT2D eigenvalue weighted by Crippen LogP contribution is 2.19. The molecular formula is C12H12N4O. The van der Waals surface area contributed by atoms with E-state index in [-0.39, 0.29) is 6.61 Å². The van der Waals surface area contributed by atoms with Crippen molar-refractivity contribution < 1.29 is 5.11 Å². The summed E-state index contributed by atoms with van der Waals surface area (Å²) in [4.78, 5) is 8.20. The van der Waals surface area contributed by atoms with E-state index in [9.17, 15) is 0 Å². The molecule has 2 aromatic heterocycles. The van der Waals surface area contributed by atoms with Gasteiger partial charge in [-0.2, -0.15) is 5.10 Å². The fraction of sp³-hybridized carbons (Fsp3) is 0.250. The molecule has 5 nitrogen and oxygen atoms in total. The van der Waals surface area contributed by atoms with Crippen molar-refractivity contribution in [1.82, 2.24) is 19.7 Å². The minimum atomic E-state index is 0.0645. The number of aliphatic hydroxyl groups is 1. The first-order valence-corrected chi connectivity index (χ1v) is 5.22. The highest BCUT2D eigenvalue weighted by molar-refractivity contribution is 5.57. The van der Waals surface area contributed by atoms with Crippen molar-refractivity contribution >= 4 is 0 Å². The predicted octanol–water partition coefficient (Wildman–Crippen LogP) is 0.508. The van der Waals surface area contributed by atoms with E-state index in [0.717, 1.165) is 11.3 Å². The molecule has 0 aliphatic rings. The van der Waals surface area contributed by atoms with Gasteiger partial charge in [0.25, 0.3) is 0 Å². The second-order valence-corrected chi connectivity index (χ2v) is 3.47. The molecule has 5 heteroatoms. The Balaban J connectivity index is 2.41. The van der Waals surface area contributed by atoms with E-state index < -0.39 is 0 Å². The molecule has 86 valence electrons.